The van der Waals surface area contributed by atoms with E-state index in [1.54, 1.807) is 37.3 Å². The van der Waals surface area contributed by atoms with Crippen LogP contribution in [0.1, 0.15) is 31.4 Å². The fourth-order valence-corrected chi connectivity index (χ4v) is 2.24. The Kier molecular flexibility index (Phi) is 6.10. The zero-order chi connectivity index (χ0) is 16.7. The highest BCUT2D eigenvalue weighted by molar-refractivity contribution is 5.97. The van der Waals surface area contributed by atoms with Crippen molar-refractivity contribution in [1.29, 1.82) is 0 Å². The summed E-state index contributed by atoms with van der Waals surface area (Å²) >= 11 is 0. The van der Waals surface area contributed by atoms with Gasteiger partial charge < -0.3 is 14.8 Å². The van der Waals surface area contributed by atoms with Gasteiger partial charge in [0.05, 0.1) is 0 Å². The van der Waals surface area contributed by atoms with E-state index < -0.39 is 30.1 Å². The minimum atomic E-state index is -1.20. The lowest BCUT2D eigenvalue weighted by molar-refractivity contribution is -0.164. The molecule has 1 heterocycles. The van der Waals surface area contributed by atoms with Gasteiger partial charge in [-0.25, -0.2) is 9.59 Å². The maximum Gasteiger partial charge on any atom is 0.336 e. The van der Waals surface area contributed by atoms with Crippen LogP contribution >= 0.6 is 0 Å². The second-order valence-electron chi connectivity index (χ2n) is 5.08. The van der Waals surface area contributed by atoms with Gasteiger partial charge in [-0.3, -0.25) is 10.1 Å². The average molecular weight is 320 g/mol. The molecule has 7 heteroatoms. The van der Waals surface area contributed by atoms with Crippen LogP contribution < -0.4 is 10.6 Å². The molecule has 0 unspecified atom stereocenters. The van der Waals surface area contributed by atoms with Crippen LogP contribution in [-0.4, -0.2) is 37.2 Å². The maximum atomic E-state index is 12.3. The van der Waals surface area contributed by atoms with E-state index in [0.29, 0.717) is 25.1 Å². The summed E-state index contributed by atoms with van der Waals surface area (Å²) in [6, 6.07) is 7.91. The molecule has 0 aliphatic carbocycles. The molecule has 1 aromatic carbocycles. The minimum Gasteiger partial charge on any atom is -0.445 e. The van der Waals surface area contributed by atoms with E-state index in [4.69, 9.17) is 9.47 Å². The molecular formula is C16H20N2O5. The van der Waals surface area contributed by atoms with Gasteiger partial charge in [-0.15, -0.1) is 0 Å². The molecule has 23 heavy (non-hydrogen) atoms. The van der Waals surface area contributed by atoms with Crippen LogP contribution in [0.2, 0.25) is 0 Å². The molecule has 7 nitrogen and oxygen atoms in total. The van der Waals surface area contributed by atoms with Crippen molar-refractivity contribution >= 4 is 17.9 Å². The minimum absolute atomic E-state index is 0.380. The van der Waals surface area contributed by atoms with Gasteiger partial charge in [-0.05, 0) is 19.8 Å². The second-order valence-corrected chi connectivity index (χ2v) is 5.08. The Morgan fingerprint density at radius 3 is 2.65 bits per heavy atom. The van der Waals surface area contributed by atoms with E-state index in [1.165, 1.54) is 0 Å². The first-order valence-electron chi connectivity index (χ1n) is 7.57. The summed E-state index contributed by atoms with van der Waals surface area (Å²) in [5.41, 5.74) is 0.487. The third-order valence-corrected chi connectivity index (χ3v) is 3.34. The molecule has 3 amide bonds. The van der Waals surface area contributed by atoms with Crippen molar-refractivity contribution in [1.82, 2.24) is 10.6 Å². The standard InChI is InChI=1S/C16H20N2O5/c1-2-17-16(21)18-14(19)13(11-7-4-3-5-8-11)23-15(20)12-9-6-10-22-12/h3-5,7-8,12-13H,2,6,9-10H2,1H3,(H2,17,18,19,21)/t12-,13-/m0/s1. The number of benzene rings is 1. The van der Waals surface area contributed by atoms with E-state index in [9.17, 15) is 14.4 Å². The largest absolute Gasteiger partial charge is 0.445 e. The lowest BCUT2D eigenvalue weighted by Crippen LogP contribution is -2.43. The first-order chi connectivity index (χ1) is 11.1. The molecule has 2 atom stereocenters. The van der Waals surface area contributed by atoms with Crippen molar-refractivity contribution < 1.29 is 23.9 Å². The number of urea groups is 1. The van der Waals surface area contributed by atoms with E-state index in [2.05, 4.69) is 10.6 Å². The molecule has 0 radical (unpaired) electrons. The van der Waals surface area contributed by atoms with Crippen LogP contribution in [0, 0.1) is 0 Å². The Hall–Kier alpha value is -2.41. The first-order valence-corrected chi connectivity index (χ1v) is 7.57. The SMILES string of the molecule is CCNC(=O)NC(=O)[C@@H](OC(=O)[C@@H]1CCCO1)c1ccccc1. The fraction of sp³-hybridized carbons (Fsp3) is 0.438. The van der Waals surface area contributed by atoms with E-state index in [0.717, 1.165) is 6.42 Å². The van der Waals surface area contributed by atoms with Gasteiger partial charge in [0.25, 0.3) is 5.91 Å². The maximum absolute atomic E-state index is 12.3. The molecule has 2 N–H and O–H groups in total. The Morgan fingerprint density at radius 2 is 2.04 bits per heavy atom. The highest BCUT2D eigenvalue weighted by Gasteiger charge is 2.32. The molecule has 1 fully saturated rings. The number of carbonyl (C=O) groups is 3. The monoisotopic (exact) mass is 320 g/mol. The molecule has 1 aromatic rings. The van der Waals surface area contributed by atoms with E-state index in [-0.39, 0.29) is 0 Å². The number of rotatable bonds is 5. The second kappa shape index (κ2) is 8.28. The molecule has 1 aliphatic heterocycles. The Labute approximate surface area is 134 Å². The van der Waals surface area contributed by atoms with Crippen LogP contribution in [0.3, 0.4) is 0 Å². The van der Waals surface area contributed by atoms with Crippen molar-refractivity contribution in [2.24, 2.45) is 0 Å². The van der Waals surface area contributed by atoms with Gasteiger partial charge in [0.1, 0.15) is 0 Å². The predicted molar refractivity (Wildman–Crippen MR) is 81.5 cm³/mol. The van der Waals surface area contributed by atoms with Crippen LogP contribution in [-0.2, 0) is 19.1 Å². The lowest BCUT2D eigenvalue weighted by atomic mass is 10.1. The topological polar surface area (TPSA) is 93.7 Å². The Balaban J connectivity index is 2.10. The number of carbonyl (C=O) groups excluding carboxylic acids is 3. The molecule has 1 aliphatic rings. The normalized spacial score (nSPS) is 18.0. The number of esters is 1. The summed E-state index contributed by atoms with van der Waals surface area (Å²) in [7, 11) is 0. The van der Waals surface area contributed by atoms with Crippen LogP contribution in [0.25, 0.3) is 0 Å². The van der Waals surface area contributed by atoms with Crippen molar-refractivity contribution in [2.45, 2.75) is 32.0 Å². The smallest absolute Gasteiger partial charge is 0.336 e. The summed E-state index contributed by atoms with van der Waals surface area (Å²) in [5, 5.41) is 4.62. The van der Waals surface area contributed by atoms with E-state index in [1.807, 2.05) is 0 Å². The fourth-order valence-electron chi connectivity index (χ4n) is 2.24. The predicted octanol–water partition coefficient (Wildman–Crippen LogP) is 1.30. The number of nitrogens with one attached hydrogen (secondary N) is 2. The zero-order valence-corrected chi connectivity index (χ0v) is 12.9. The molecule has 0 saturated carbocycles. The first kappa shape index (κ1) is 17.0. The van der Waals surface area contributed by atoms with Crippen molar-refractivity contribution in [3.63, 3.8) is 0 Å². The summed E-state index contributed by atoms with van der Waals surface area (Å²) in [6.45, 7) is 2.61. The molecule has 0 spiro atoms. The third kappa shape index (κ3) is 4.79. The van der Waals surface area contributed by atoms with E-state index >= 15 is 0 Å². The summed E-state index contributed by atoms with van der Waals surface area (Å²) in [4.78, 5) is 35.9. The summed E-state index contributed by atoms with van der Waals surface area (Å²) in [6.07, 6.45) is -0.506. The molecular weight excluding hydrogens is 300 g/mol. The number of hydrogen-bond donors (Lipinski definition) is 2. The summed E-state index contributed by atoms with van der Waals surface area (Å²) < 4.78 is 10.6. The average Bonchev–Trinajstić information content (AvgIpc) is 3.07. The van der Waals surface area contributed by atoms with Gasteiger partial charge in [0.2, 0.25) is 6.10 Å². The van der Waals surface area contributed by atoms with Crippen molar-refractivity contribution in [2.75, 3.05) is 13.2 Å². The number of imide groups is 1. The van der Waals surface area contributed by atoms with Crippen LogP contribution in [0.15, 0.2) is 30.3 Å². The number of hydrogen-bond acceptors (Lipinski definition) is 5. The van der Waals surface area contributed by atoms with Crippen molar-refractivity contribution in [3.8, 4) is 0 Å². The number of amides is 3. The highest BCUT2D eigenvalue weighted by Crippen LogP contribution is 2.21. The van der Waals surface area contributed by atoms with Crippen LogP contribution in [0.5, 0.6) is 0 Å². The molecule has 124 valence electrons. The molecule has 1 saturated heterocycles. The highest BCUT2D eigenvalue weighted by atomic mass is 16.6. The van der Waals surface area contributed by atoms with Gasteiger partial charge in [-0.1, -0.05) is 30.3 Å². The lowest BCUT2D eigenvalue weighted by Gasteiger charge is -2.19. The Morgan fingerprint density at radius 1 is 1.30 bits per heavy atom. The molecule has 0 bridgehead atoms. The van der Waals surface area contributed by atoms with Crippen LogP contribution in [0.4, 0.5) is 4.79 Å². The van der Waals surface area contributed by atoms with Gasteiger partial charge in [-0.2, -0.15) is 0 Å². The van der Waals surface area contributed by atoms with Gasteiger partial charge in [0.15, 0.2) is 6.10 Å². The Bertz CT molecular complexity index is 555. The summed E-state index contributed by atoms with van der Waals surface area (Å²) in [5.74, 6) is -1.30. The quantitative estimate of drug-likeness (QED) is 0.798. The zero-order valence-electron chi connectivity index (χ0n) is 12.9. The molecule has 2 rings (SSSR count). The third-order valence-electron chi connectivity index (χ3n) is 3.34. The van der Waals surface area contributed by atoms with Gasteiger partial charge in [0, 0.05) is 18.7 Å². The van der Waals surface area contributed by atoms with Crippen molar-refractivity contribution in [3.05, 3.63) is 35.9 Å². The number of ether oxygens (including phenoxy) is 2. The molecule has 0 aromatic heterocycles. The van der Waals surface area contributed by atoms with Gasteiger partial charge >= 0.3 is 12.0 Å².